The van der Waals surface area contributed by atoms with Crippen LogP contribution >= 0.6 is 0 Å². The van der Waals surface area contributed by atoms with Gasteiger partial charge in [0, 0.05) is 36.1 Å². The summed E-state index contributed by atoms with van der Waals surface area (Å²) in [5.74, 6) is 1.43. The van der Waals surface area contributed by atoms with Crippen LogP contribution in [0.4, 0.5) is 0 Å². The Kier molecular flexibility index (Phi) is 3.79. The lowest BCUT2D eigenvalue weighted by molar-refractivity contribution is 0.580. The first-order valence-electron chi connectivity index (χ1n) is 11.3. The summed E-state index contributed by atoms with van der Waals surface area (Å²) in [7, 11) is 0. The molecule has 0 aliphatic heterocycles. The predicted octanol–water partition coefficient (Wildman–Crippen LogP) is 2.80. The van der Waals surface area contributed by atoms with Crippen LogP contribution in [0.5, 0.6) is 0 Å². The Bertz CT molecular complexity index is 1650. The number of imidazole rings is 1. The van der Waals surface area contributed by atoms with Gasteiger partial charge in [-0.1, -0.05) is 12.1 Å². The van der Waals surface area contributed by atoms with Crippen molar-refractivity contribution in [1.29, 1.82) is 0 Å². The lowest BCUT2D eigenvalue weighted by Crippen LogP contribution is -2.23. The molecule has 2 saturated carbocycles. The van der Waals surface area contributed by atoms with Crippen molar-refractivity contribution in [3.63, 3.8) is 0 Å². The Hall–Kier alpha value is -4.01. The highest BCUT2D eigenvalue weighted by Crippen LogP contribution is 2.56. The molecule has 33 heavy (non-hydrogen) atoms. The monoisotopic (exact) mass is 439 g/mol. The maximum atomic E-state index is 12.4. The highest BCUT2D eigenvalue weighted by molar-refractivity contribution is 5.80. The molecule has 164 valence electrons. The van der Waals surface area contributed by atoms with Crippen LogP contribution in [0.2, 0.25) is 0 Å². The number of aromatic amines is 2. The first kappa shape index (κ1) is 18.6. The van der Waals surface area contributed by atoms with E-state index in [-0.39, 0.29) is 5.92 Å². The van der Waals surface area contributed by atoms with Crippen molar-refractivity contribution in [3.05, 3.63) is 81.0 Å². The molecule has 2 aliphatic rings. The maximum Gasteiger partial charge on any atom is 0.325 e. The summed E-state index contributed by atoms with van der Waals surface area (Å²) in [6.07, 6.45) is 10.5. The quantitative estimate of drug-likeness (QED) is 0.437. The Labute approximate surface area is 187 Å². The molecule has 9 heteroatoms. The van der Waals surface area contributed by atoms with Crippen molar-refractivity contribution >= 4 is 16.6 Å². The van der Waals surface area contributed by atoms with E-state index < -0.39 is 11.2 Å². The first-order chi connectivity index (χ1) is 16.1. The summed E-state index contributed by atoms with van der Waals surface area (Å²) in [5, 5.41) is 10.3. The van der Waals surface area contributed by atoms with Gasteiger partial charge in [-0.15, -0.1) is 0 Å². The molecule has 2 aliphatic carbocycles. The average Bonchev–Trinajstić information content (AvgIpc) is 3.71. The van der Waals surface area contributed by atoms with Crippen LogP contribution in [0.3, 0.4) is 0 Å². The minimum Gasteiger partial charge on any atom is -0.313 e. The number of rotatable bonds is 5. The van der Waals surface area contributed by atoms with E-state index in [2.05, 4.69) is 48.0 Å². The smallest absolute Gasteiger partial charge is 0.313 e. The molecule has 0 amide bonds. The highest BCUT2D eigenvalue weighted by Gasteiger charge is 2.41. The number of nitrogens with one attached hydrogen (secondary N) is 2. The van der Waals surface area contributed by atoms with Crippen LogP contribution in [0.15, 0.2) is 58.6 Å². The average molecular weight is 439 g/mol. The Morgan fingerprint density at radius 1 is 1.12 bits per heavy atom. The molecular weight excluding hydrogens is 418 g/mol. The summed E-state index contributed by atoms with van der Waals surface area (Å²) in [5.41, 5.74) is 4.20. The van der Waals surface area contributed by atoms with Crippen LogP contribution in [-0.4, -0.2) is 34.3 Å². The number of hydrogen-bond acceptors (Lipinski definition) is 5. The third-order valence-electron chi connectivity index (χ3n) is 6.90. The molecule has 9 nitrogen and oxygen atoms in total. The van der Waals surface area contributed by atoms with Crippen LogP contribution in [0, 0.1) is 5.92 Å². The summed E-state index contributed by atoms with van der Waals surface area (Å²) in [6, 6.07) is 8.59. The second kappa shape index (κ2) is 6.74. The molecule has 0 unspecified atom stereocenters. The zero-order valence-electron chi connectivity index (χ0n) is 17.7. The standard InChI is InChI=1S/C24H21N7O2/c32-23-19(11-26-24(33)28-23)20-9-18(22-25-5-6-30(22)29-20)17-8-16(17)14-3-4-15-10-27-31(21(15)7-14)12-13-1-2-13/h3-7,9-11,13,16-17H,1-2,8,12H2,(H2,26,28,32,33)/t16-,17+/m1/s1. The first-order valence-corrected chi connectivity index (χ1v) is 11.3. The molecule has 0 bridgehead atoms. The highest BCUT2D eigenvalue weighted by atomic mass is 16.2. The number of benzene rings is 1. The number of hydrogen-bond donors (Lipinski definition) is 2. The van der Waals surface area contributed by atoms with Gasteiger partial charge in [0.15, 0.2) is 5.65 Å². The van der Waals surface area contributed by atoms with Crippen molar-refractivity contribution in [2.45, 2.75) is 37.6 Å². The van der Waals surface area contributed by atoms with Crippen molar-refractivity contribution in [2.75, 3.05) is 0 Å². The predicted molar refractivity (Wildman–Crippen MR) is 122 cm³/mol. The van der Waals surface area contributed by atoms with Gasteiger partial charge in [-0.2, -0.15) is 10.2 Å². The Morgan fingerprint density at radius 3 is 2.88 bits per heavy atom. The fourth-order valence-electron chi connectivity index (χ4n) is 4.86. The molecule has 4 aromatic heterocycles. The summed E-state index contributed by atoms with van der Waals surface area (Å²) in [6.45, 7) is 0.997. The van der Waals surface area contributed by atoms with E-state index >= 15 is 0 Å². The SMILES string of the molecule is O=c1[nH]cc(-c2cc([C@H]3C[C@@H]3c3ccc4cnn(CC5CC5)c4c3)c3nccn3n2)c(=O)[nH]1. The molecule has 2 fully saturated rings. The van der Waals surface area contributed by atoms with Gasteiger partial charge in [0.1, 0.15) is 0 Å². The van der Waals surface area contributed by atoms with Crippen LogP contribution in [0.1, 0.15) is 42.2 Å². The zero-order chi connectivity index (χ0) is 22.1. The van der Waals surface area contributed by atoms with Gasteiger partial charge in [0.05, 0.1) is 23.0 Å². The number of H-pyrrole nitrogens is 2. The summed E-state index contributed by atoms with van der Waals surface area (Å²) in [4.78, 5) is 33.1. The van der Waals surface area contributed by atoms with Crippen molar-refractivity contribution in [1.82, 2.24) is 34.3 Å². The second-order valence-electron chi connectivity index (χ2n) is 9.20. The number of aromatic nitrogens is 7. The normalized spacial score (nSPS) is 20.0. The lowest BCUT2D eigenvalue weighted by Gasteiger charge is -2.08. The fraction of sp³-hybridized carbons (Fsp3) is 0.292. The largest absolute Gasteiger partial charge is 0.325 e. The van der Waals surface area contributed by atoms with Crippen LogP contribution in [0.25, 0.3) is 27.8 Å². The number of fused-ring (bicyclic) bond motifs is 2. The lowest BCUT2D eigenvalue weighted by atomic mass is 10.0. The van der Waals surface area contributed by atoms with Gasteiger partial charge >= 0.3 is 5.69 Å². The molecule has 4 heterocycles. The van der Waals surface area contributed by atoms with Gasteiger partial charge in [0.2, 0.25) is 0 Å². The van der Waals surface area contributed by atoms with Crippen LogP contribution in [-0.2, 0) is 6.54 Å². The minimum absolute atomic E-state index is 0.288. The molecular formula is C24H21N7O2. The van der Waals surface area contributed by atoms with Gasteiger partial charge < -0.3 is 4.98 Å². The summed E-state index contributed by atoms with van der Waals surface area (Å²) < 4.78 is 3.85. The molecule has 0 saturated heterocycles. The van der Waals surface area contributed by atoms with E-state index in [0.717, 1.165) is 30.1 Å². The van der Waals surface area contributed by atoms with Crippen molar-refractivity contribution in [2.24, 2.45) is 5.92 Å². The van der Waals surface area contributed by atoms with Crippen molar-refractivity contribution in [3.8, 4) is 11.3 Å². The van der Waals surface area contributed by atoms with Gasteiger partial charge in [0.25, 0.3) is 5.56 Å². The molecule has 5 aromatic rings. The van der Waals surface area contributed by atoms with E-state index in [4.69, 9.17) is 0 Å². The fourth-order valence-corrected chi connectivity index (χ4v) is 4.86. The number of nitrogens with zero attached hydrogens (tertiary/aromatic N) is 5. The molecule has 7 rings (SSSR count). The molecule has 0 radical (unpaired) electrons. The molecule has 0 spiro atoms. The van der Waals surface area contributed by atoms with Crippen molar-refractivity contribution < 1.29 is 0 Å². The summed E-state index contributed by atoms with van der Waals surface area (Å²) >= 11 is 0. The van der Waals surface area contributed by atoms with Crippen LogP contribution < -0.4 is 11.2 Å². The Morgan fingerprint density at radius 2 is 2.03 bits per heavy atom. The molecule has 1 aromatic carbocycles. The third-order valence-corrected chi connectivity index (χ3v) is 6.90. The topological polar surface area (TPSA) is 114 Å². The van der Waals surface area contributed by atoms with E-state index in [1.165, 1.54) is 35.5 Å². The van der Waals surface area contributed by atoms with Gasteiger partial charge in [-0.05, 0) is 54.7 Å². The van der Waals surface area contributed by atoms with E-state index in [1.54, 1.807) is 16.9 Å². The van der Waals surface area contributed by atoms with Gasteiger partial charge in [-0.3, -0.25) is 14.5 Å². The zero-order valence-corrected chi connectivity index (χ0v) is 17.7. The minimum atomic E-state index is -0.536. The molecule has 2 N–H and O–H groups in total. The van der Waals surface area contributed by atoms with E-state index in [9.17, 15) is 9.59 Å². The Balaban J connectivity index is 1.27. The van der Waals surface area contributed by atoms with E-state index in [1.807, 2.05) is 12.3 Å². The van der Waals surface area contributed by atoms with Gasteiger partial charge in [-0.25, -0.2) is 14.3 Å². The molecule has 2 atom stereocenters. The maximum absolute atomic E-state index is 12.4. The van der Waals surface area contributed by atoms with E-state index in [0.29, 0.717) is 17.2 Å². The third kappa shape index (κ3) is 3.11. The second-order valence-corrected chi connectivity index (χ2v) is 9.20.